The Labute approximate surface area is 83.4 Å². The fourth-order valence-corrected chi connectivity index (χ4v) is 1.55. The quantitative estimate of drug-likeness (QED) is 0.754. The highest BCUT2D eigenvalue weighted by molar-refractivity contribution is 7.89. The van der Waals surface area contributed by atoms with Crippen LogP contribution in [0, 0.1) is 0 Å². The molecule has 1 rings (SSSR count). The van der Waals surface area contributed by atoms with E-state index in [0.717, 1.165) is 5.56 Å². The summed E-state index contributed by atoms with van der Waals surface area (Å²) in [7, 11) is -3.82. The van der Waals surface area contributed by atoms with E-state index >= 15 is 0 Å². The van der Waals surface area contributed by atoms with Gasteiger partial charge in [-0.05, 0) is 18.4 Å². The van der Waals surface area contributed by atoms with Crippen LogP contribution in [0.25, 0.3) is 0 Å². The molecule has 1 aromatic rings. The first-order chi connectivity index (χ1) is 6.50. The Hall–Kier alpha value is -0.910. The topological polar surface area (TPSA) is 80.4 Å². The van der Waals surface area contributed by atoms with E-state index in [0.29, 0.717) is 6.42 Å². The molecule has 0 aromatic heterocycles. The summed E-state index contributed by atoms with van der Waals surface area (Å²) in [6.45, 7) is 0. The van der Waals surface area contributed by atoms with Crippen molar-refractivity contribution in [2.75, 3.05) is 0 Å². The molecule has 0 aliphatic rings. The molecule has 0 fully saturated rings. The third-order valence-electron chi connectivity index (χ3n) is 1.90. The average Bonchev–Trinajstić information content (AvgIpc) is 2.14. The van der Waals surface area contributed by atoms with Crippen molar-refractivity contribution in [2.24, 2.45) is 5.14 Å². The van der Waals surface area contributed by atoms with E-state index in [9.17, 15) is 8.42 Å². The van der Waals surface area contributed by atoms with Gasteiger partial charge in [-0.2, -0.15) is 0 Å². The fraction of sp³-hybridized carbons (Fsp3) is 0.333. The van der Waals surface area contributed by atoms with Gasteiger partial charge in [-0.3, -0.25) is 0 Å². The van der Waals surface area contributed by atoms with Gasteiger partial charge in [0.25, 0.3) is 0 Å². The number of rotatable bonds is 4. The normalized spacial score (nSPS) is 13.9. The van der Waals surface area contributed by atoms with Crippen LogP contribution in [0.5, 0.6) is 0 Å². The maximum absolute atomic E-state index is 10.7. The monoisotopic (exact) mass is 215 g/mol. The van der Waals surface area contributed by atoms with Crippen molar-refractivity contribution in [2.45, 2.75) is 18.3 Å². The second-order valence-electron chi connectivity index (χ2n) is 3.07. The first-order valence-corrected chi connectivity index (χ1v) is 5.84. The highest BCUT2D eigenvalue weighted by atomic mass is 32.2. The molecular formula is C9H13NO3S. The van der Waals surface area contributed by atoms with Gasteiger partial charge in [-0.15, -0.1) is 0 Å². The van der Waals surface area contributed by atoms with Gasteiger partial charge in [0.2, 0.25) is 10.0 Å². The zero-order chi connectivity index (χ0) is 10.6. The van der Waals surface area contributed by atoms with Gasteiger partial charge in [0.1, 0.15) is 0 Å². The lowest BCUT2D eigenvalue weighted by Gasteiger charge is -2.07. The molecular weight excluding hydrogens is 202 g/mol. The summed E-state index contributed by atoms with van der Waals surface area (Å²) in [5.74, 6) is 0. The van der Waals surface area contributed by atoms with Gasteiger partial charge in [-0.25, -0.2) is 13.6 Å². The van der Waals surface area contributed by atoms with Crippen molar-refractivity contribution < 1.29 is 13.5 Å². The van der Waals surface area contributed by atoms with Crippen LogP contribution in [0.4, 0.5) is 0 Å². The molecule has 0 saturated heterocycles. The second kappa shape index (κ2) is 4.54. The van der Waals surface area contributed by atoms with Gasteiger partial charge in [0.05, 0.1) is 0 Å². The van der Waals surface area contributed by atoms with Crippen LogP contribution < -0.4 is 5.14 Å². The highest BCUT2D eigenvalue weighted by Crippen LogP contribution is 2.06. The number of hydrogen-bond donors (Lipinski definition) is 2. The van der Waals surface area contributed by atoms with Gasteiger partial charge >= 0.3 is 0 Å². The Morgan fingerprint density at radius 1 is 1.29 bits per heavy atom. The molecule has 0 aliphatic carbocycles. The Bertz CT molecular complexity index is 374. The molecule has 0 spiro atoms. The number of sulfonamides is 1. The van der Waals surface area contributed by atoms with Crippen LogP contribution in [0.2, 0.25) is 0 Å². The summed E-state index contributed by atoms with van der Waals surface area (Å²) in [6, 6.07) is 9.34. The van der Waals surface area contributed by atoms with E-state index < -0.39 is 15.5 Å². The maximum Gasteiger partial charge on any atom is 0.235 e. The highest BCUT2D eigenvalue weighted by Gasteiger charge is 2.16. The standard InChI is InChI=1S/C9H13NO3S/c10-14(12,13)9(11)7-6-8-4-2-1-3-5-8/h1-5,9,11H,6-7H2,(H2,10,12,13). The molecule has 78 valence electrons. The van der Waals surface area contributed by atoms with Gasteiger partial charge in [0, 0.05) is 0 Å². The summed E-state index contributed by atoms with van der Waals surface area (Å²) in [5, 5.41) is 13.9. The minimum atomic E-state index is -3.82. The molecule has 1 unspecified atom stereocenters. The smallest absolute Gasteiger partial charge is 0.235 e. The molecule has 1 atom stereocenters. The largest absolute Gasteiger partial charge is 0.376 e. The number of aryl methyl sites for hydroxylation is 1. The van der Waals surface area contributed by atoms with Crippen LogP contribution in [0.3, 0.4) is 0 Å². The van der Waals surface area contributed by atoms with E-state index in [1.165, 1.54) is 0 Å². The molecule has 0 bridgehead atoms. The number of aliphatic hydroxyl groups excluding tert-OH is 1. The Morgan fingerprint density at radius 2 is 1.86 bits per heavy atom. The molecule has 0 amide bonds. The average molecular weight is 215 g/mol. The number of hydrogen-bond acceptors (Lipinski definition) is 3. The molecule has 1 aromatic carbocycles. The summed E-state index contributed by atoms with van der Waals surface area (Å²) in [5.41, 5.74) is -0.488. The third-order valence-corrected chi connectivity index (χ3v) is 2.90. The zero-order valence-electron chi connectivity index (χ0n) is 7.63. The first-order valence-electron chi connectivity index (χ1n) is 4.24. The van der Waals surface area contributed by atoms with Crippen molar-refractivity contribution in [3.8, 4) is 0 Å². The minimum absolute atomic E-state index is 0.128. The molecule has 0 heterocycles. The molecule has 0 aliphatic heterocycles. The second-order valence-corrected chi connectivity index (χ2v) is 4.79. The first kappa shape index (κ1) is 11.2. The van der Waals surface area contributed by atoms with Gasteiger partial charge < -0.3 is 5.11 Å². The van der Waals surface area contributed by atoms with E-state index in [1.54, 1.807) is 0 Å². The van der Waals surface area contributed by atoms with Crippen LogP contribution >= 0.6 is 0 Å². The van der Waals surface area contributed by atoms with Crippen molar-refractivity contribution in [1.29, 1.82) is 0 Å². The van der Waals surface area contributed by atoms with Crippen LogP contribution in [-0.2, 0) is 16.4 Å². The van der Waals surface area contributed by atoms with Crippen LogP contribution in [0.15, 0.2) is 30.3 Å². The van der Waals surface area contributed by atoms with Crippen molar-refractivity contribution >= 4 is 10.0 Å². The Balaban J connectivity index is 2.50. The molecule has 0 radical (unpaired) electrons. The molecule has 0 saturated carbocycles. The third kappa shape index (κ3) is 3.45. The van der Waals surface area contributed by atoms with Crippen molar-refractivity contribution in [3.05, 3.63) is 35.9 Å². The molecule has 14 heavy (non-hydrogen) atoms. The number of benzene rings is 1. The van der Waals surface area contributed by atoms with E-state index in [2.05, 4.69) is 0 Å². The van der Waals surface area contributed by atoms with Crippen molar-refractivity contribution in [3.63, 3.8) is 0 Å². The van der Waals surface area contributed by atoms with Crippen LogP contribution in [-0.4, -0.2) is 19.0 Å². The fourth-order valence-electron chi connectivity index (χ4n) is 1.10. The molecule has 3 N–H and O–H groups in total. The number of aliphatic hydroxyl groups is 1. The predicted octanol–water partition coefficient (Wildman–Crippen LogP) is 0.226. The van der Waals surface area contributed by atoms with Crippen LogP contribution in [0.1, 0.15) is 12.0 Å². The number of nitrogens with two attached hydrogens (primary N) is 1. The molecule has 5 heteroatoms. The van der Waals surface area contributed by atoms with E-state index in [1.807, 2.05) is 30.3 Å². The SMILES string of the molecule is NS(=O)(=O)C(O)CCc1ccccc1. The minimum Gasteiger partial charge on any atom is -0.376 e. The van der Waals surface area contributed by atoms with E-state index in [-0.39, 0.29) is 6.42 Å². The van der Waals surface area contributed by atoms with Crippen molar-refractivity contribution in [1.82, 2.24) is 0 Å². The lowest BCUT2D eigenvalue weighted by Crippen LogP contribution is -2.28. The summed E-state index contributed by atoms with van der Waals surface area (Å²) in [4.78, 5) is 0. The number of primary sulfonamides is 1. The van der Waals surface area contributed by atoms with Gasteiger partial charge in [0.15, 0.2) is 5.44 Å². The maximum atomic E-state index is 10.7. The van der Waals surface area contributed by atoms with E-state index in [4.69, 9.17) is 10.2 Å². The lowest BCUT2D eigenvalue weighted by atomic mass is 10.1. The summed E-state index contributed by atoms with van der Waals surface area (Å²) >= 11 is 0. The summed E-state index contributed by atoms with van der Waals surface area (Å²) in [6.07, 6.45) is 0.626. The van der Waals surface area contributed by atoms with Gasteiger partial charge in [-0.1, -0.05) is 30.3 Å². The summed E-state index contributed by atoms with van der Waals surface area (Å²) < 4.78 is 21.4. The Kier molecular flexibility index (Phi) is 3.62. The lowest BCUT2D eigenvalue weighted by molar-refractivity contribution is 0.239. The predicted molar refractivity (Wildman–Crippen MR) is 53.9 cm³/mol. The molecule has 4 nitrogen and oxygen atoms in total. The zero-order valence-corrected chi connectivity index (χ0v) is 8.44. The Morgan fingerprint density at radius 3 is 2.36 bits per heavy atom.